The highest BCUT2D eigenvalue weighted by atomic mass is 14.8. The Balaban J connectivity index is 1.86. The van der Waals surface area contributed by atoms with Gasteiger partial charge < -0.3 is 5.32 Å². The van der Waals surface area contributed by atoms with Crippen molar-refractivity contribution < 1.29 is 0 Å². The van der Waals surface area contributed by atoms with E-state index in [0.29, 0.717) is 0 Å². The highest BCUT2D eigenvalue weighted by molar-refractivity contribution is 5.25. The largest absolute Gasteiger partial charge is 0.321 e. The first kappa shape index (κ1) is 10.1. The number of rotatable bonds is 4. The normalized spacial score (nSPS) is 10.5. The van der Waals surface area contributed by atoms with E-state index in [1.807, 2.05) is 0 Å². The summed E-state index contributed by atoms with van der Waals surface area (Å²) in [5.41, 5.74) is 4.08. The average Bonchev–Trinajstić information content (AvgIpc) is 2.74. The molecule has 78 valence electrons. The highest BCUT2D eigenvalue weighted by Crippen LogP contribution is 2.07. The van der Waals surface area contributed by atoms with Gasteiger partial charge in [-0.25, -0.2) is 6.07 Å². The van der Waals surface area contributed by atoms with E-state index >= 15 is 0 Å². The van der Waals surface area contributed by atoms with E-state index in [-0.39, 0.29) is 0 Å². The molecule has 0 heterocycles. The Morgan fingerprint density at radius 1 is 1.13 bits per heavy atom. The standard InChI is InChI=1S/C14H16N/c1-12-6-2-5-9-14(12)11-15-10-13-7-3-4-8-13/h2-9,15H,10-11H2,1H3/q-1. The SMILES string of the molecule is Cc1ccccc1CNCc1cc[cH-]c1. The van der Waals surface area contributed by atoms with Crippen molar-refractivity contribution in [1.29, 1.82) is 0 Å². The molecule has 1 heteroatoms. The summed E-state index contributed by atoms with van der Waals surface area (Å²) in [7, 11) is 0. The zero-order chi connectivity index (χ0) is 10.5. The van der Waals surface area contributed by atoms with Gasteiger partial charge in [0.1, 0.15) is 0 Å². The van der Waals surface area contributed by atoms with Gasteiger partial charge >= 0.3 is 0 Å². The number of benzene rings is 1. The minimum absolute atomic E-state index is 0.942. The predicted molar refractivity (Wildman–Crippen MR) is 63.8 cm³/mol. The molecule has 2 rings (SSSR count). The van der Waals surface area contributed by atoms with E-state index in [1.165, 1.54) is 16.7 Å². The highest BCUT2D eigenvalue weighted by Gasteiger charge is 1.94. The number of nitrogens with one attached hydrogen (secondary N) is 1. The second kappa shape index (κ2) is 4.85. The van der Waals surface area contributed by atoms with Crippen LogP contribution in [-0.2, 0) is 13.1 Å². The summed E-state index contributed by atoms with van der Waals surface area (Å²) in [4.78, 5) is 0. The third kappa shape index (κ3) is 2.74. The van der Waals surface area contributed by atoms with Crippen LogP contribution in [0.25, 0.3) is 0 Å². The van der Waals surface area contributed by atoms with Gasteiger partial charge in [0.15, 0.2) is 0 Å². The number of hydrogen-bond acceptors (Lipinski definition) is 1. The quantitative estimate of drug-likeness (QED) is 0.745. The van der Waals surface area contributed by atoms with Crippen molar-refractivity contribution in [1.82, 2.24) is 5.32 Å². The van der Waals surface area contributed by atoms with Crippen LogP contribution in [0.3, 0.4) is 0 Å². The van der Waals surface area contributed by atoms with Crippen LogP contribution < -0.4 is 5.32 Å². The van der Waals surface area contributed by atoms with Gasteiger partial charge in [0.2, 0.25) is 0 Å². The van der Waals surface area contributed by atoms with Crippen molar-refractivity contribution in [2.24, 2.45) is 0 Å². The van der Waals surface area contributed by atoms with Crippen LogP contribution in [0.15, 0.2) is 48.5 Å². The topological polar surface area (TPSA) is 12.0 Å². The van der Waals surface area contributed by atoms with E-state index in [2.05, 4.69) is 60.8 Å². The predicted octanol–water partition coefficient (Wildman–Crippen LogP) is 3.00. The summed E-state index contributed by atoms with van der Waals surface area (Å²) in [6.45, 7) is 4.04. The van der Waals surface area contributed by atoms with Crippen molar-refractivity contribution in [3.8, 4) is 0 Å². The van der Waals surface area contributed by atoms with Gasteiger partial charge in [-0.15, -0.1) is 0 Å². The van der Waals surface area contributed by atoms with Crippen LogP contribution in [0.2, 0.25) is 0 Å². The minimum atomic E-state index is 0.942. The smallest absolute Gasteiger partial charge is 0.0200 e. The van der Waals surface area contributed by atoms with Crippen LogP contribution >= 0.6 is 0 Å². The molecule has 0 aliphatic carbocycles. The summed E-state index contributed by atoms with van der Waals surface area (Å²) in [5, 5.41) is 3.44. The summed E-state index contributed by atoms with van der Waals surface area (Å²) < 4.78 is 0. The van der Waals surface area contributed by atoms with Gasteiger partial charge in [-0.2, -0.15) is 23.8 Å². The molecule has 0 bridgehead atoms. The molecule has 0 saturated carbocycles. The Labute approximate surface area is 91.1 Å². The molecule has 0 fully saturated rings. The molecule has 0 amide bonds. The molecule has 0 aliphatic rings. The van der Waals surface area contributed by atoms with Crippen LogP contribution in [0.5, 0.6) is 0 Å². The van der Waals surface area contributed by atoms with E-state index in [1.54, 1.807) is 0 Å². The van der Waals surface area contributed by atoms with Crippen LogP contribution in [-0.4, -0.2) is 0 Å². The maximum atomic E-state index is 3.44. The van der Waals surface area contributed by atoms with Crippen molar-refractivity contribution >= 4 is 0 Å². The summed E-state index contributed by atoms with van der Waals surface area (Å²) in [6.07, 6.45) is 0. The fraction of sp³-hybridized carbons (Fsp3) is 0.214. The summed E-state index contributed by atoms with van der Waals surface area (Å²) in [6, 6.07) is 16.9. The monoisotopic (exact) mass is 198 g/mol. The molecule has 1 N–H and O–H groups in total. The van der Waals surface area contributed by atoms with Crippen molar-refractivity contribution in [2.45, 2.75) is 20.0 Å². The Morgan fingerprint density at radius 2 is 2.00 bits per heavy atom. The molecule has 0 atom stereocenters. The second-order valence-electron chi connectivity index (χ2n) is 3.82. The van der Waals surface area contributed by atoms with Gasteiger partial charge in [0, 0.05) is 6.54 Å². The average molecular weight is 198 g/mol. The lowest BCUT2D eigenvalue weighted by Gasteiger charge is -2.09. The van der Waals surface area contributed by atoms with Crippen LogP contribution in [0, 0.1) is 6.92 Å². The lowest BCUT2D eigenvalue weighted by molar-refractivity contribution is 0.692. The molecular weight excluding hydrogens is 182 g/mol. The summed E-state index contributed by atoms with van der Waals surface area (Å²) >= 11 is 0. The Hall–Kier alpha value is -1.47. The van der Waals surface area contributed by atoms with Gasteiger partial charge in [0.05, 0.1) is 0 Å². The molecule has 0 aliphatic heterocycles. The maximum Gasteiger partial charge on any atom is 0.0200 e. The minimum Gasteiger partial charge on any atom is -0.321 e. The van der Waals surface area contributed by atoms with Gasteiger partial charge in [-0.05, 0) is 24.6 Å². The molecule has 2 aromatic rings. The lowest BCUT2D eigenvalue weighted by atomic mass is 10.1. The van der Waals surface area contributed by atoms with Crippen LogP contribution in [0.1, 0.15) is 16.7 Å². The first-order valence-corrected chi connectivity index (χ1v) is 5.32. The van der Waals surface area contributed by atoms with Crippen molar-refractivity contribution in [3.05, 3.63) is 65.2 Å². The number of hydrogen-bond donors (Lipinski definition) is 1. The molecule has 15 heavy (non-hydrogen) atoms. The molecular formula is C14H16N-. The third-order valence-corrected chi connectivity index (χ3v) is 2.64. The van der Waals surface area contributed by atoms with E-state index in [0.717, 1.165) is 13.1 Å². The fourth-order valence-electron chi connectivity index (χ4n) is 1.68. The van der Waals surface area contributed by atoms with Gasteiger partial charge in [0.25, 0.3) is 0 Å². The summed E-state index contributed by atoms with van der Waals surface area (Å²) in [5.74, 6) is 0. The number of aryl methyl sites for hydroxylation is 1. The third-order valence-electron chi connectivity index (χ3n) is 2.64. The molecule has 0 unspecified atom stereocenters. The molecule has 2 aromatic carbocycles. The lowest BCUT2D eigenvalue weighted by Crippen LogP contribution is -2.12. The first-order chi connectivity index (χ1) is 7.36. The van der Waals surface area contributed by atoms with Crippen molar-refractivity contribution in [2.75, 3.05) is 0 Å². The fourth-order valence-corrected chi connectivity index (χ4v) is 1.68. The van der Waals surface area contributed by atoms with Crippen LogP contribution in [0.4, 0.5) is 0 Å². The molecule has 0 saturated heterocycles. The molecule has 0 spiro atoms. The second-order valence-corrected chi connectivity index (χ2v) is 3.82. The zero-order valence-electron chi connectivity index (χ0n) is 9.03. The van der Waals surface area contributed by atoms with Crippen molar-refractivity contribution in [3.63, 3.8) is 0 Å². The molecule has 0 aromatic heterocycles. The molecule has 0 radical (unpaired) electrons. The van der Waals surface area contributed by atoms with E-state index in [4.69, 9.17) is 0 Å². The Bertz CT molecular complexity index is 401. The molecule has 1 nitrogen and oxygen atoms in total. The van der Waals surface area contributed by atoms with E-state index in [9.17, 15) is 0 Å². The van der Waals surface area contributed by atoms with E-state index < -0.39 is 0 Å². The first-order valence-electron chi connectivity index (χ1n) is 5.32. The Kier molecular flexibility index (Phi) is 3.25. The van der Waals surface area contributed by atoms with Gasteiger partial charge in [-0.3, -0.25) is 0 Å². The Morgan fingerprint density at radius 3 is 2.73 bits per heavy atom. The maximum absolute atomic E-state index is 3.44. The zero-order valence-corrected chi connectivity index (χ0v) is 9.03. The van der Waals surface area contributed by atoms with Gasteiger partial charge in [-0.1, -0.05) is 24.3 Å².